The van der Waals surface area contributed by atoms with Gasteiger partial charge in [0.25, 0.3) is 0 Å². The Kier molecular flexibility index (Phi) is 5.37. The summed E-state index contributed by atoms with van der Waals surface area (Å²) in [4.78, 5) is 5.07. The zero-order valence-electron chi connectivity index (χ0n) is 16.6. The van der Waals surface area contributed by atoms with E-state index < -0.39 is 7.92 Å². The lowest BCUT2D eigenvalue weighted by atomic mass is 9.88. The maximum Gasteiger partial charge on any atom is 0.187 e. The molecule has 1 heterocycles. The van der Waals surface area contributed by atoms with Crippen LogP contribution in [-0.2, 0) is 4.74 Å². The smallest absolute Gasteiger partial charge is 0.187 e. The van der Waals surface area contributed by atoms with E-state index in [1.54, 1.807) is 0 Å². The summed E-state index contributed by atoms with van der Waals surface area (Å²) in [5, 5.41) is 2.95. The monoisotopic (exact) mass is 379 g/mol. The second kappa shape index (κ2) is 7.76. The Morgan fingerprint density at radius 3 is 2.00 bits per heavy atom. The van der Waals surface area contributed by atoms with Crippen molar-refractivity contribution in [1.82, 2.24) is 0 Å². The van der Waals surface area contributed by atoms with E-state index in [0.717, 1.165) is 12.5 Å². The Bertz CT molecular complexity index is 742. The van der Waals surface area contributed by atoms with E-state index in [2.05, 4.69) is 81.4 Å². The summed E-state index contributed by atoms with van der Waals surface area (Å²) in [6.45, 7) is 7.54. The molecule has 2 nitrogen and oxygen atoms in total. The van der Waals surface area contributed by atoms with Crippen LogP contribution in [0, 0.1) is 11.3 Å². The van der Waals surface area contributed by atoms with Crippen LogP contribution >= 0.6 is 7.92 Å². The van der Waals surface area contributed by atoms with Gasteiger partial charge in [-0.05, 0) is 42.4 Å². The molecule has 1 aliphatic carbocycles. The van der Waals surface area contributed by atoms with Gasteiger partial charge in [-0.15, -0.1) is 0 Å². The number of nitrogens with zero attached hydrogens (tertiary/aromatic N) is 1. The zero-order chi connectivity index (χ0) is 18.9. The van der Waals surface area contributed by atoms with Crippen molar-refractivity contribution in [3.05, 3.63) is 60.7 Å². The van der Waals surface area contributed by atoms with Crippen molar-refractivity contribution in [2.75, 3.05) is 6.61 Å². The third-order valence-corrected chi connectivity index (χ3v) is 8.86. The molecule has 0 aromatic heterocycles. The minimum Gasteiger partial charge on any atom is -0.478 e. The van der Waals surface area contributed by atoms with Gasteiger partial charge >= 0.3 is 0 Å². The van der Waals surface area contributed by atoms with E-state index in [1.807, 2.05) is 0 Å². The number of benzene rings is 2. The molecule has 2 aliphatic rings. The second-order valence-electron chi connectivity index (χ2n) is 8.81. The molecule has 1 saturated carbocycles. The van der Waals surface area contributed by atoms with Crippen LogP contribution in [0.1, 0.15) is 40.0 Å². The predicted molar refractivity (Wildman–Crippen MR) is 117 cm³/mol. The normalized spacial score (nSPS) is 25.5. The van der Waals surface area contributed by atoms with Gasteiger partial charge in [-0.2, -0.15) is 0 Å². The third kappa shape index (κ3) is 3.97. The SMILES string of the molecule is CC(C)(C)C1COC(C2CCC[C@@H]2P(c2ccccc2)c2ccccc2)=N1. The van der Waals surface area contributed by atoms with E-state index in [1.165, 1.54) is 29.9 Å². The maximum absolute atomic E-state index is 6.19. The molecule has 27 heavy (non-hydrogen) atoms. The van der Waals surface area contributed by atoms with Crippen molar-refractivity contribution < 1.29 is 4.74 Å². The fourth-order valence-corrected chi connectivity index (χ4v) is 7.41. The Balaban J connectivity index is 1.68. The first kappa shape index (κ1) is 18.7. The quantitative estimate of drug-likeness (QED) is 0.675. The summed E-state index contributed by atoms with van der Waals surface area (Å²) < 4.78 is 6.19. The molecule has 1 fully saturated rings. The van der Waals surface area contributed by atoms with E-state index in [-0.39, 0.29) is 11.5 Å². The van der Waals surface area contributed by atoms with Crippen LogP contribution in [-0.4, -0.2) is 24.2 Å². The van der Waals surface area contributed by atoms with Crippen molar-refractivity contribution in [1.29, 1.82) is 0 Å². The molecule has 0 amide bonds. The van der Waals surface area contributed by atoms with E-state index in [9.17, 15) is 0 Å². The Morgan fingerprint density at radius 1 is 0.889 bits per heavy atom. The van der Waals surface area contributed by atoms with E-state index in [4.69, 9.17) is 9.73 Å². The number of aliphatic imine (C=N–C) groups is 1. The number of rotatable bonds is 4. The zero-order valence-corrected chi connectivity index (χ0v) is 17.5. The molecule has 0 spiro atoms. The summed E-state index contributed by atoms with van der Waals surface area (Å²) in [6, 6.07) is 22.5. The van der Waals surface area contributed by atoms with Gasteiger partial charge in [-0.25, -0.2) is 4.99 Å². The van der Waals surface area contributed by atoms with Crippen LogP contribution in [0.5, 0.6) is 0 Å². The van der Waals surface area contributed by atoms with Gasteiger partial charge in [-0.3, -0.25) is 0 Å². The first-order valence-corrected chi connectivity index (χ1v) is 11.5. The molecule has 0 saturated heterocycles. The van der Waals surface area contributed by atoms with E-state index in [0.29, 0.717) is 11.6 Å². The van der Waals surface area contributed by atoms with Crippen LogP contribution in [0.4, 0.5) is 0 Å². The standard InChI is InChI=1S/C24H30NOP/c1-24(2,3)22-17-26-23(25-22)20-15-10-16-21(20)27(18-11-6-4-7-12-18)19-13-8-5-9-14-19/h4-9,11-14,20-22H,10,15-17H2,1-3H3/t20?,21-,22?/m0/s1. The van der Waals surface area contributed by atoms with Crippen molar-refractivity contribution in [3.63, 3.8) is 0 Å². The minimum atomic E-state index is -0.411. The second-order valence-corrected chi connectivity index (χ2v) is 11.2. The van der Waals surface area contributed by atoms with Gasteiger partial charge in [-0.1, -0.05) is 87.9 Å². The molecule has 2 aromatic rings. The molecule has 0 radical (unpaired) electrons. The molecule has 0 bridgehead atoms. The van der Waals surface area contributed by atoms with E-state index >= 15 is 0 Å². The lowest BCUT2D eigenvalue weighted by Crippen LogP contribution is -2.29. The fourth-order valence-electron chi connectivity index (χ4n) is 4.29. The van der Waals surface area contributed by atoms with Crippen molar-refractivity contribution >= 4 is 24.4 Å². The number of hydrogen-bond acceptors (Lipinski definition) is 2. The summed E-state index contributed by atoms with van der Waals surface area (Å²) in [5.74, 6) is 1.50. The first-order valence-electron chi connectivity index (χ1n) is 10.1. The molecular weight excluding hydrogens is 349 g/mol. The Hall–Kier alpha value is -1.66. The maximum atomic E-state index is 6.19. The molecule has 142 valence electrons. The third-order valence-electron chi connectivity index (χ3n) is 5.87. The molecular formula is C24H30NOP. The van der Waals surface area contributed by atoms with Crippen molar-refractivity contribution in [2.24, 2.45) is 16.3 Å². The van der Waals surface area contributed by atoms with Crippen LogP contribution < -0.4 is 10.6 Å². The molecule has 4 rings (SSSR count). The lowest BCUT2D eigenvalue weighted by Gasteiger charge is -2.29. The average molecular weight is 379 g/mol. The number of ether oxygens (including phenoxy) is 1. The first-order chi connectivity index (χ1) is 13.0. The lowest BCUT2D eigenvalue weighted by molar-refractivity contribution is 0.229. The summed E-state index contributed by atoms with van der Waals surface area (Å²) in [5.41, 5.74) is 0.779. The fraction of sp³-hybridized carbons (Fsp3) is 0.458. The van der Waals surface area contributed by atoms with Gasteiger partial charge in [0.1, 0.15) is 6.61 Å². The van der Waals surface area contributed by atoms with Crippen LogP contribution in [0.25, 0.3) is 0 Å². The molecule has 2 unspecified atom stereocenters. The molecule has 1 aliphatic heterocycles. The van der Waals surface area contributed by atoms with Gasteiger partial charge < -0.3 is 4.74 Å². The summed E-state index contributed by atoms with van der Waals surface area (Å²) in [7, 11) is -0.411. The highest BCUT2D eigenvalue weighted by atomic mass is 31.1. The molecule has 3 atom stereocenters. The van der Waals surface area contributed by atoms with Gasteiger partial charge in [0, 0.05) is 5.92 Å². The summed E-state index contributed by atoms with van der Waals surface area (Å²) >= 11 is 0. The molecule has 0 N–H and O–H groups in total. The average Bonchev–Trinajstić information content (AvgIpc) is 3.33. The largest absolute Gasteiger partial charge is 0.478 e. The van der Waals surface area contributed by atoms with Gasteiger partial charge in [0.05, 0.1) is 6.04 Å². The van der Waals surface area contributed by atoms with Crippen molar-refractivity contribution in [2.45, 2.75) is 51.7 Å². The van der Waals surface area contributed by atoms with Crippen LogP contribution in [0.3, 0.4) is 0 Å². The number of hydrogen-bond donors (Lipinski definition) is 0. The van der Waals surface area contributed by atoms with Gasteiger partial charge in [0.2, 0.25) is 0 Å². The Labute approximate surface area is 164 Å². The topological polar surface area (TPSA) is 21.6 Å². The minimum absolute atomic E-state index is 0.166. The highest BCUT2D eigenvalue weighted by Gasteiger charge is 2.42. The Morgan fingerprint density at radius 2 is 1.48 bits per heavy atom. The molecule has 2 aromatic carbocycles. The highest BCUT2D eigenvalue weighted by molar-refractivity contribution is 7.73. The van der Waals surface area contributed by atoms with Crippen LogP contribution in [0.2, 0.25) is 0 Å². The highest BCUT2D eigenvalue weighted by Crippen LogP contribution is 2.51. The van der Waals surface area contributed by atoms with Crippen LogP contribution in [0.15, 0.2) is 65.7 Å². The van der Waals surface area contributed by atoms with Crippen molar-refractivity contribution in [3.8, 4) is 0 Å². The van der Waals surface area contributed by atoms with Gasteiger partial charge in [0.15, 0.2) is 5.90 Å². The summed E-state index contributed by atoms with van der Waals surface area (Å²) in [6.07, 6.45) is 3.75. The predicted octanol–water partition coefficient (Wildman–Crippen LogP) is 5.13. The molecule has 3 heteroatoms.